The molecule has 0 radical (unpaired) electrons. The monoisotopic (exact) mass is 297 g/mol. The molecule has 5 nitrogen and oxygen atoms in total. The van der Waals surface area contributed by atoms with Crippen molar-refractivity contribution in [3.63, 3.8) is 0 Å². The Labute approximate surface area is 121 Å². The zero-order valence-electron chi connectivity index (χ0n) is 10.8. The minimum atomic E-state index is 0.536. The number of rotatable bonds is 5. The molecule has 1 aromatic heterocycles. The molecule has 2 fully saturated rings. The van der Waals surface area contributed by atoms with Crippen molar-refractivity contribution in [3.05, 3.63) is 11.9 Å². The van der Waals surface area contributed by atoms with E-state index in [1.54, 1.807) is 0 Å². The number of aromatic nitrogens is 2. The van der Waals surface area contributed by atoms with Crippen LogP contribution in [0.3, 0.4) is 0 Å². The Morgan fingerprint density at radius 2 is 2.11 bits per heavy atom. The Morgan fingerprint density at radius 1 is 1.26 bits per heavy atom. The molecular formula is C12H19N5S2. The van der Waals surface area contributed by atoms with Gasteiger partial charge in [-0.25, -0.2) is 15.8 Å². The van der Waals surface area contributed by atoms with Crippen LogP contribution < -0.4 is 16.6 Å². The Kier molecular flexibility index (Phi) is 4.35. The molecule has 0 bridgehead atoms. The summed E-state index contributed by atoms with van der Waals surface area (Å²) in [6.07, 6.45) is 2.39. The van der Waals surface area contributed by atoms with Gasteiger partial charge in [0.25, 0.3) is 0 Å². The number of nitrogens with zero attached hydrogens (tertiary/aromatic N) is 2. The first-order valence-corrected chi connectivity index (χ1v) is 8.84. The second-order valence-corrected chi connectivity index (χ2v) is 7.42. The van der Waals surface area contributed by atoms with Crippen LogP contribution in [-0.4, -0.2) is 39.0 Å². The standard InChI is InChI=1S/C12H19N5S2/c13-17-11-5-10(15-12(16-11)8-1-2-8)14-6-9-7-18-3-4-19-9/h5,8-9H,1-4,6-7,13H2,(H2,14,15,16,17). The molecule has 1 saturated heterocycles. The summed E-state index contributed by atoms with van der Waals surface area (Å²) in [5.74, 6) is 12.3. The van der Waals surface area contributed by atoms with Crippen molar-refractivity contribution in [3.8, 4) is 0 Å². The van der Waals surface area contributed by atoms with Crippen LogP contribution in [0.2, 0.25) is 0 Å². The van der Waals surface area contributed by atoms with Gasteiger partial charge < -0.3 is 10.7 Å². The van der Waals surface area contributed by atoms with Crippen LogP contribution >= 0.6 is 23.5 Å². The number of hydrazine groups is 1. The fraction of sp³-hybridized carbons (Fsp3) is 0.667. The van der Waals surface area contributed by atoms with E-state index in [0.29, 0.717) is 17.0 Å². The van der Waals surface area contributed by atoms with Crippen molar-refractivity contribution < 1.29 is 0 Å². The molecule has 1 aliphatic carbocycles. The van der Waals surface area contributed by atoms with E-state index in [2.05, 4.69) is 20.7 Å². The highest BCUT2D eigenvalue weighted by molar-refractivity contribution is 8.06. The summed E-state index contributed by atoms with van der Waals surface area (Å²) in [6, 6.07) is 1.88. The van der Waals surface area contributed by atoms with Crippen LogP contribution in [0.4, 0.5) is 11.6 Å². The quantitative estimate of drug-likeness (QED) is 0.566. The molecule has 2 heterocycles. The third kappa shape index (κ3) is 3.67. The van der Waals surface area contributed by atoms with E-state index in [0.717, 1.165) is 18.2 Å². The summed E-state index contributed by atoms with van der Waals surface area (Å²) in [5, 5.41) is 4.10. The molecule has 4 N–H and O–H groups in total. The van der Waals surface area contributed by atoms with Gasteiger partial charge in [0.1, 0.15) is 17.5 Å². The summed E-state index contributed by atoms with van der Waals surface area (Å²) in [5.41, 5.74) is 2.63. The average Bonchev–Trinajstić information content (AvgIpc) is 3.30. The Balaban J connectivity index is 1.63. The largest absolute Gasteiger partial charge is 0.369 e. The lowest BCUT2D eigenvalue weighted by Gasteiger charge is -2.21. The number of anilines is 2. The van der Waals surface area contributed by atoms with Crippen molar-refractivity contribution in [2.24, 2.45) is 5.84 Å². The highest BCUT2D eigenvalue weighted by Crippen LogP contribution is 2.38. The molecule has 0 amide bonds. The molecule has 1 aromatic rings. The molecule has 1 atom stereocenters. The van der Waals surface area contributed by atoms with E-state index in [1.807, 2.05) is 29.6 Å². The number of hydrogen-bond donors (Lipinski definition) is 3. The van der Waals surface area contributed by atoms with Gasteiger partial charge in [0, 0.05) is 41.0 Å². The third-order valence-corrected chi connectivity index (χ3v) is 6.07. The summed E-state index contributed by atoms with van der Waals surface area (Å²) in [6.45, 7) is 0.961. The van der Waals surface area contributed by atoms with Crippen molar-refractivity contribution in [2.45, 2.75) is 24.0 Å². The molecule has 19 heavy (non-hydrogen) atoms. The predicted octanol–water partition coefficient (Wildman–Crippen LogP) is 1.90. The lowest BCUT2D eigenvalue weighted by atomic mass is 10.3. The normalized spacial score (nSPS) is 23.1. The van der Waals surface area contributed by atoms with Crippen LogP contribution in [0.5, 0.6) is 0 Å². The first-order chi connectivity index (χ1) is 9.35. The van der Waals surface area contributed by atoms with Crippen LogP contribution in [-0.2, 0) is 0 Å². The average molecular weight is 297 g/mol. The lowest BCUT2D eigenvalue weighted by Crippen LogP contribution is -2.24. The van der Waals surface area contributed by atoms with Crippen molar-refractivity contribution in [1.82, 2.24) is 9.97 Å². The summed E-state index contributed by atoms with van der Waals surface area (Å²) in [4.78, 5) is 9.01. The second kappa shape index (κ2) is 6.19. The molecule has 3 rings (SSSR count). The highest BCUT2D eigenvalue weighted by Gasteiger charge is 2.27. The first-order valence-electron chi connectivity index (χ1n) is 6.64. The summed E-state index contributed by atoms with van der Waals surface area (Å²) < 4.78 is 0. The van der Waals surface area contributed by atoms with E-state index in [4.69, 9.17) is 5.84 Å². The number of nitrogens with two attached hydrogens (primary N) is 1. The van der Waals surface area contributed by atoms with E-state index in [1.165, 1.54) is 30.1 Å². The highest BCUT2D eigenvalue weighted by atomic mass is 32.2. The Hall–Kier alpha value is -0.660. The van der Waals surface area contributed by atoms with E-state index in [-0.39, 0.29) is 0 Å². The van der Waals surface area contributed by atoms with E-state index >= 15 is 0 Å². The van der Waals surface area contributed by atoms with Crippen LogP contribution in [0, 0.1) is 0 Å². The smallest absolute Gasteiger partial charge is 0.145 e. The lowest BCUT2D eigenvalue weighted by molar-refractivity contribution is 0.913. The molecular weight excluding hydrogens is 278 g/mol. The first kappa shape index (κ1) is 13.3. The molecule has 7 heteroatoms. The van der Waals surface area contributed by atoms with Gasteiger partial charge in [0.2, 0.25) is 0 Å². The topological polar surface area (TPSA) is 75.9 Å². The molecule has 0 spiro atoms. The predicted molar refractivity (Wildman–Crippen MR) is 83.9 cm³/mol. The molecule has 1 saturated carbocycles. The van der Waals surface area contributed by atoms with Crippen molar-refractivity contribution in [1.29, 1.82) is 0 Å². The maximum atomic E-state index is 5.47. The number of nitrogen functional groups attached to an aromatic ring is 1. The van der Waals surface area contributed by atoms with Crippen molar-refractivity contribution in [2.75, 3.05) is 34.5 Å². The SMILES string of the molecule is NNc1cc(NCC2CSCCS2)nc(C2CC2)n1. The minimum absolute atomic E-state index is 0.536. The molecule has 1 aliphatic heterocycles. The van der Waals surface area contributed by atoms with E-state index in [9.17, 15) is 0 Å². The Morgan fingerprint density at radius 3 is 2.79 bits per heavy atom. The van der Waals surface area contributed by atoms with Gasteiger partial charge in [-0.2, -0.15) is 23.5 Å². The fourth-order valence-electron chi connectivity index (χ4n) is 2.03. The van der Waals surface area contributed by atoms with Crippen LogP contribution in [0.1, 0.15) is 24.6 Å². The zero-order valence-corrected chi connectivity index (χ0v) is 12.4. The zero-order chi connectivity index (χ0) is 13.1. The van der Waals surface area contributed by atoms with Gasteiger partial charge >= 0.3 is 0 Å². The maximum absolute atomic E-state index is 5.47. The van der Waals surface area contributed by atoms with Gasteiger partial charge in [-0.15, -0.1) is 0 Å². The number of nitrogens with one attached hydrogen (secondary N) is 2. The summed E-state index contributed by atoms with van der Waals surface area (Å²) >= 11 is 4.09. The Bertz CT molecular complexity index is 432. The van der Waals surface area contributed by atoms with E-state index < -0.39 is 0 Å². The summed E-state index contributed by atoms with van der Waals surface area (Å²) in [7, 11) is 0. The fourth-order valence-corrected chi connectivity index (χ4v) is 4.64. The minimum Gasteiger partial charge on any atom is -0.369 e. The van der Waals surface area contributed by atoms with Gasteiger partial charge in [0.05, 0.1) is 0 Å². The molecule has 104 valence electrons. The number of thioether (sulfide) groups is 2. The van der Waals surface area contributed by atoms with Crippen LogP contribution in [0.25, 0.3) is 0 Å². The third-order valence-electron chi connectivity index (χ3n) is 3.23. The van der Waals surface area contributed by atoms with Gasteiger partial charge in [-0.3, -0.25) is 0 Å². The van der Waals surface area contributed by atoms with Crippen LogP contribution in [0.15, 0.2) is 6.07 Å². The molecule has 0 aromatic carbocycles. The second-order valence-electron chi connectivity index (χ2n) is 4.86. The molecule has 2 aliphatic rings. The molecule has 1 unspecified atom stereocenters. The number of hydrogen-bond acceptors (Lipinski definition) is 7. The van der Waals surface area contributed by atoms with Crippen molar-refractivity contribution >= 4 is 35.2 Å². The van der Waals surface area contributed by atoms with Gasteiger partial charge in [-0.05, 0) is 12.8 Å². The van der Waals surface area contributed by atoms with Gasteiger partial charge in [-0.1, -0.05) is 0 Å². The maximum Gasteiger partial charge on any atom is 0.145 e. The van der Waals surface area contributed by atoms with Gasteiger partial charge in [0.15, 0.2) is 0 Å².